The number of ether oxygens (including phenoxy) is 2. The van der Waals surface area contributed by atoms with Crippen LogP contribution in [0.4, 0.5) is 0 Å². The Morgan fingerprint density at radius 3 is 2.43 bits per heavy atom. The van der Waals surface area contributed by atoms with Crippen molar-refractivity contribution in [3.63, 3.8) is 0 Å². The highest BCUT2D eigenvalue weighted by atomic mass is 32.1. The summed E-state index contributed by atoms with van der Waals surface area (Å²) >= 11 is 5.94. The number of tetrazole rings is 1. The van der Waals surface area contributed by atoms with E-state index in [2.05, 4.69) is 115 Å². The molecule has 3 fully saturated rings. The van der Waals surface area contributed by atoms with Crippen LogP contribution >= 0.6 is 12.6 Å². The zero-order chi connectivity index (χ0) is 35.8. The Kier molecular flexibility index (Phi) is 9.69. The van der Waals surface area contributed by atoms with E-state index in [1.807, 2.05) is 0 Å². The van der Waals surface area contributed by atoms with Gasteiger partial charge in [-0.1, -0.05) is 84.7 Å². The quantitative estimate of drug-likeness (QED) is 0.186. The largest absolute Gasteiger partial charge is 0.495 e. The minimum Gasteiger partial charge on any atom is -0.495 e. The van der Waals surface area contributed by atoms with Crippen molar-refractivity contribution in [2.75, 3.05) is 6.61 Å². The highest BCUT2D eigenvalue weighted by Gasteiger charge is 2.68. The van der Waals surface area contributed by atoms with Crippen LogP contribution in [0.5, 0.6) is 0 Å². The summed E-state index contributed by atoms with van der Waals surface area (Å²) in [4.78, 5) is 0. The fourth-order valence-corrected chi connectivity index (χ4v) is 12.3. The van der Waals surface area contributed by atoms with Crippen molar-refractivity contribution in [3.8, 4) is 0 Å². The van der Waals surface area contributed by atoms with E-state index in [4.69, 9.17) is 27.8 Å². The molecular weight excluding hydrogens is 627 g/mol. The average molecular weight is 694 g/mol. The van der Waals surface area contributed by atoms with Gasteiger partial charge in [0.25, 0.3) is 0 Å². The Morgan fingerprint density at radius 2 is 1.86 bits per heavy atom. The molecule has 49 heavy (non-hydrogen) atoms. The first-order chi connectivity index (χ1) is 22.9. The van der Waals surface area contributed by atoms with Gasteiger partial charge in [0, 0.05) is 21.1 Å². The van der Waals surface area contributed by atoms with E-state index in [9.17, 15) is 0 Å². The number of hydrogen-bond donors (Lipinski definition) is 3. The lowest BCUT2D eigenvalue weighted by molar-refractivity contribution is -0.174. The van der Waals surface area contributed by atoms with E-state index in [1.165, 1.54) is 44.9 Å². The summed E-state index contributed by atoms with van der Waals surface area (Å²) in [5, 5.41) is 12.2. The lowest BCUT2D eigenvalue weighted by Crippen LogP contribution is -2.65. The van der Waals surface area contributed by atoms with E-state index in [1.54, 1.807) is 16.7 Å². The van der Waals surface area contributed by atoms with Crippen LogP contribution in [-0.2, 0) is 9.47 Å². The Bertz CT molecular complexity index is 1430. The van der Waals surface area contributed by atoms with Gasteiger partial charge in [-0.2, -0.15) is 17.8 Å². The summed E-state index contributed by atoms with van der Waals surface area (Å²) in [5.41, 5.74) is 11.7. The van der Waals surface area contributed by atoms with Gasteiger partial charge in [-0.15, -0.1) is 10.2 Å². The molecule has 6 aliphatic carbocycles. The molecule has 1 spiro atoms. The maximum absolute atomic E-state index is 7.06. The molecule has 1 aromatic rings. The molecule has 0 amide bonds. The topological polar surface area (TPSA) is 98.9 Å². The van der Waals surface area contributed by atoms with Crippen molar-refractivity contribution in [2.45, 2.75) is 150 Å². The fourth-order valence-electron chi connectivity index (χ4n) is 11.7. The number of nitrogens with one attached hydrogen (secondary N) is 1. The Hall–Kier alpha value is -1.64. The van der Waals surface area contributed by atoms with Crippen molar-refractivity contribution in [1.82, 2.24) is 20.6 Å². The molecule has 3 saturated carbocycles. The lowest BCUT2D eigenvalue weighted by Gasteiger charge is -2.69. The van der Waals surface area contributed by atoms with Gasteiger partial charge in [-0.25, -0.2) is 0 Å². The highest BCUT2D eigenvalue weighted by molar-refractivity contribution is 7.82. The Balaban J connectivity index is 0.000000765. The summed E-state index contributed by atoms with van der Waals surface area (Å²) in [6, 6.07) is 0. The third kappa shape index (κ3) is 5.62. The number of thiol groups is 1. The van der Waals surface area contributed by atoms with Crippen LogP contribution in [0.15, 0.2) is 41.5 Å². The predicted octanol–water partition coefficient (Wildman–Crippen LogP) is 9.12. The first-order valence-corrected chi connectivity index (χ1v) is 19.9. The molecule has 7 unspecified atom stereocenters. The number of allylic oxidation sites excluding steroid dienone is 3. The van der Waals surface area contributed by atoms with Crippen LogP contribution < -0.4 is 5.73 Å². The van der Waals surface area contributed by atoms with Crippen LogP contribution in [0.25, 0.3) is 0 Å². The molecule has 0 radical (unpaired) electrons. The Morgan fingerprint density at radius 1 is 1.12 bits per heavy atom. The molecule has 0 saturated heterocycles. The zero-order valence-electron chi connectivity index (χ0n) is 32.5. The fraction of sp³-hybridized carbons (Fsp3) is 0.829. The number of nitrogens with two attached hydrogens (primary N) is 1. The third-order valence-electron chi connectivity index (χ3n) is 15.9. The maximum Gasteiger partial charge on any atom is 0.161 e. The van der Waals surface area contributed by atoms with Gasteiger partial charge in [0.05, 0.1) is 19.0 Å². The van der Waals surface area contributed by atoms with Gasteiger partial charge in [0.1, 0.15) is 5.60 Å². The van der Waals surface area contributed by atoms with E-state index in [0.29, 0.717) is 48.0 Å². The average Bonchev–Trinajstić information content (AvgIpc) is 3.65. The number of aromatic nitrogens is 4. The van der Waals surface area contributed by atoms with Crippen LogP contribution in [0.1, 0.15) is 128 Å². The minimum atomic E-state index is -0.334. The molecule has 4 bridgehead atoms. The van der Waals surface area contributed by atoms with Crippen molar-refractivity contribution >= 4 is 12.6 Å². The van der Waals surface area contributed by atoms with Crippen molar-refractivity contribution in [2.24, 2.45) is 63.4 Å². The van der Waals surface area contributed by atoms with Gasteiger partial charge in [-0.05, 0) is 124 Å². The van der Waals surface area contributed by atoms with Gasteiger partial charge in [-0.3, -0.25) is 0 Å². The molecule has 7 nitrogen and oxygen atoms in total. The van der Waals surface area contributed by atoms with E-state index < -0.39 is 0 Å². The molecule has 7 aliphatic rings. The van der Waals surface area contributed by atoms with Crippen LogP contribution in [-0.4, -0.2) is 49.2 Å². The number of nitrogens with zero attached hydrogens (tertiary/aromatic N) is 3. The second-order valence-electron chi connectivity index (χ2n) is 19.0. The van der Waals surface area contributed by atoms with Crippen LogP contribution in [0.3, 0.4) is 0 Å². The van der Waals surface area contributed by atoms with E-state index >= 15 is 0 Å². The second kappa shape index (κ2) is 12.8. The SMILES string of the molecule is CC1=C2CC1C[C@@](C)(C1CCC3C(=CC[C@]45C=CO[C@]([C@H](C)C(C)C)(CCC34C)C5)C1(S)C(C)C)C2OCC(C)(N)C(C)C.c1nn[nH]n1. The second-order valence-corrected chi connectivity index (χ2v) is 19.8. The summed E-state index contributed by atoms with van der Waals surface area (Å²) in [6.07, 6.45) is 18.4. The molecule has 3 N–H and O–H groups in total. The van der Waals surface area contributed by atoms with Gasteiger partial charge in [0.2, 0.25) is 0 Å². The maximum atomic E-state index is 7.06. The first-order valence-electron chi connectivity index (χ1n) is 19.4. The van der Waals surface area contributed by atoms with Crippen molar-refractivity contribution in [1.29, 1.82) is 0 Å². The van der Waals surface area contributed by atoms with Crippen LogP contribution in [0, 0.1) is 57.7 Å². The molecule has 8 heteroatoms. The smallest absolute Gasteiger partial charge is 0.161 e. The number of hydrogen-bond acceptors (Lipinski definition) is 7. The van der Waals surface area contributed by atoms with E-state index in [0.717, 1.165) is 12.8 Å². The molecule has 0 aromatic carbocycles. The van der Waals surface area contributed by atoms with Crippen molar-refractivity contribution in [3.05, 3.63) is 41.5 Å². The van der Waals surface area contributed by atoms with Crippen LogP contribution in [0.2, 0.25) is 0 Å². The Labute approximate surface area is 302 Å². The summed E-state index contributed by atoms with van der Waals surface area (Å²) in [5.74, 6) is 3.71. The molecule has 2 heterocycles. The highest BCUT2D eigenvalue weighted by Crippen LogP contribution is 2.73. The molecule has 1 aromatic heterocycles. The summed E-state index contributed by atoms with van der Waals surface area (Å²) in [6.45, 7) is 26.9. The molecule has 274 valence electrons. The standard InChI is InChI=1S/C40H65NO2S.CH2N4/c1-24(2)28(8)39-17-16-36(10)31-12-13-33(40(44,26(5)6)32(31)14-15-38(36,22-39)18-19-43-39)35(9)21-29-20-30(27(29)7)34(35)42-23-37(11,41)25(3)4;1-2-4-5-3-1/h14,18-19,24-26,28-29,31,33-34,44H,12-13,15-17,20-23,41H2,1-11H3;1H,(H,2,3,4,5)/t28-,29?,31?,33?,34?,35+,36?,37?,38-,39-,40?;/m1./s1. The number of aromatic amines is 1. The number of H-pyrrole nitrogens is 1. The predicted molar refractivity (Wildman–Crippen MR) is 202 cm³/mol. The first kappa shape index (κ1) is 37.1. The monoisotopic (exact) mass is 694 g/mol. The summed E-state index contributed by atoms with van der Waals surface area (Å²) in [7, 11) is 0. The molecule has 11 atom stereocenters. The van der Waals surface area contributed by atoms with Crippen molar-refractivity contribution < 1.29 is 9.47 Å². The lowest BCUT2D eigenvalue weighted by atomic mass is 9.39. The molecule has 8 rings (SSSR count). The van der Waals surface area contributed by atoms with Gasteiger partial charge >= 0.3 is 0 Å². The number of fused-ring (bicyclic) bond motifs is 5. The molecule has 1 aliphatic heterocycles. The third-order valence-corrected chi connectivity index (χ3v) is 17.0. The van der Waals surface area contributed by atoms with Gasteiger partial charge in [0.15, 0.2) is 6.33 Å². The normalized spacial score (nSPS) is 42.7. The van der Waals surface area contributed by atoms with E-state index in [-0.39, 0.29) is 38.2 Å². The number of rotatable bonds is 8. The summed E-state index contributed by atoms with van der Waals surface area (Å²) < 4.78 is 13.5. The minimum absolute atomic E-state index is 0.0265. The molecular formula is C41H67N5O2S. The van der Waals surface area contributed by atoms with Gasteiger partial charge < -0.3 is 15.2 Å². The zero-order valence-corrected chi connectivity index (χ0v) is 33.4.